The monoisotopic (exact) mass is 345 g/mol. The molecule has 132 valence electrons. The smallest absolute Gasteiger partial charge is 0.257 e. The molecule has 0 unspecified atom stereocenters. The molecule has 0 aliphatic carbocycles. The normalized spacial score (nSPS) is 15.2. The first-order valence-electron chi connectivity index (χ1n) is 8.07. The van der Waals surface area contributed by atoms with Crippen molar-refractivity contribution in [1.82, 2.24) is 19.6 Å². The van der Waals surface area contributed by atoms with Gasteiger partial charge in [0.05, 0.1) is 18.3 Å². The number of amides is 2. The predicted octanol–water partition coefficient (Wildman–Crippen LogP) is 0.956. The summed E-state index contributed by atoms with van der Waals surface area (Å²) in [5, 5.41) is 6.75. The van der Waals surface area contributed by atoms with Gasteiger partial charge in [-0.3, -0.25) is 19.2 Å². The van der Waals surface area contributed by atoms with Gasteiger partial charge in [0.25, 0.3) is 5.91 Å². The van der Waals surface area contributed by atoms with Crippen LogP contribution < -0.4 is 5.32 Å². The van der Waals surface area contributed by atoms with Gasteiger partial charge >= 0.3 is 0 Å². The molecule has 1 aliphatic rings. The van der Waals surface area contributed by atoms with Crippen LogP contribution in [-0.4, -0.2) is 64.1 Å². The maximum Gasteiger partial charge on any atom is 0.257 e. The molecule has 0 bridgehead atoms. The van der Waals surface area contributed by atoms with Crippen LogP contribution in [0.3, 0.4) is 0 Å². The lowest BCUT2D eigenvalue weighted by molar-refractivity contribution is -0.117. The fraction of sp³-hybridized carbons (Fsp3) is 0.353. The van der Waals surface area contributed by atoms with Crippen LogP contribution in [0.25, 0.3) is 0 Å². The van der Waals surface area contributed by atoms with Crippen LogP contribution >= 0.6 is 0 Å². The van der Waals surface area contributed by atoms with E-state index in [1.807, 2.05) is 4.90 Å². The maximum atomic E-state index is 12.9. The van der Waals surface area contributed by atoms with Gasteiger partial charge in [-0.05, 0) is 24.3 Å². The first-order valence-corrected chi connectivity index (χ1v) is 8.07. The molecule has 3 rings (SSSR count). The number of rotatable bonds is 4. The number of piperazine rings is 1. The van der Waals surface area contributed by atoms with Crippen LogP contribution in [0.15, 0.2) is 36.7 Å². The van der Waals surface area contributed by atoms with Crippen molar-refractivity contribution in [3.05, 3.63) is 48.0 Å². The van der Waals surface area contributed by atoms with E-state index < -0.39 is 0 Å². The molecule has 1 saturated heterocycles. The zero-order valence-corrected chi connectivity index (χ0v) is 14.0. The summed E-state index contributed by atoms with van der Waals surface area (Å²) in [6.45, 7) is 2.63. The highest BCUT2D eigenvalue weighted by molar-refractivity contribution is 5.94. The third kappa shape index (κ3) is 4.42. The van der Waals surface area contributed by atoms with Crippen molar-refractivity contribution in [3.8, 4) is 0 Å². The topological polar surface area (TPSA) is 70.5 Å². The fourth-order valence-corrected chi connectivity index (χ4v) is 2.76. The van der Waals surface area contributed by atoms with E-state index >= 15 is 0 Å². The SMILES string of the molecule is Cn1cc(C(=O)N2CCN(CC(=O)Nc3ccc(F)cc3)CC2)cn1. The van der Waals surface area contributed by atoms with Gasteiger partial charge < -0.3 is 10.2 Å². The van der Waals surface area contributed by atoms with E-state index in [0.717, 1.165) is 0 Å². The van der Waals surface area contributed by atoms with Gasteiger partial charge in [-0.1, -0.05) is 0 Å². The highest BCUT2D eigenvalue weighted by atomic mass is 19.1. The van der Waals surface area contributed by atoms with Crippen molar-refractivity contribution in [3.63, 3.8) is 0 Å². The molecule has 0 spiro atoms. The predicted molar refractivity (Wildman–Crippen MR) is 90.6 cm³/mol. The molecule has 0 saturated carbocycles. The number of hydrogen-bond donors (Lipinski definition) is 1. The van der Waals surface area contributed by atoms with E-state index in [1.165, 1.54) is 24.3 Å². The van der Waals surface area contributed by atoms with Crippen LogP contribution in [0.5, 0.6) is 0 Å². The van der Waals surface area contributed by atoms with Crippen molar-refractivity contribution < 1.29 is 14.0 Å². The quantitative estimate of drug-likeness (QED) is 0.896. The molecule has 0 atom stereocenters. The Morgan fingerprint density at radius 3 is 2.44 bits per heavy atom. The van der Waals surface area contributed by atoms with E-state index in [0.29, 0.717) is 37.4 Å². The zero-order chi connectivity index (χ0) is 17.8. The number of nitrogens with zero attached hydrogens (tertiary/aromatic N) is 4. The number of aromatic nitrogens is 2. The summed E-state index contributed by atoms with van der Waals surface area (Å²) < 4.78 is 14.5. The van der Waals surface area contributed by atoms with Gasteiger partial charge in [-0.25, -0.2) is 4.39 Å². The fourth-order valence-electron chi connectivity index (χ4n) is 2.76. The van der Waals surface area contributed by atoms with Crippen molar-refractivity contribution in [2.24, 2.45) is 7.05 Å². The summed E-state index contributed by atoms with van der Waals surface area (Å²) in [7, 11) is 1.77. The molecule has 2 heterocycles. The van der Waals surface area contributed by atoms with Crippen LogP contribution in [0.4, 0.5) is 10.1 Å². The number of aryl methyl sites for hydroxylation is 1. The molecule has 1 aliphatic heterocycles. The summed E-state index contributed by atoms with van der Waals surface area (Å²) in [6, 6.07) is 5.66. The van der Waals surface area contributed by atoms with Crippen LogP contribution in [0.2, 0.25) is 0 Å². The van der Waals surface area contributed by atoms with Crippen molar-refractivity contribution in [2.45, 2.75) is 0 Å². The molecule has 1 aromatic heterocycles. The number of carbonyl (C=O) groups excluding carboxylic acids is 2. The Kier molecular flexibility index (Phi) is 5.08. The Bertz CT molecular complexity index is 751. The van der Waals surface area contributed by atoms with Gasteiger partial charge in [-0.15, -0.1) is 0 Å². The number of carbonyl (C=O) groups is 2. The van der Waals surface area contributed by atoms with Gasteiger partial charge in [0, 0.05) is 45.1 Å². The summed E-state index contributed by atoms with van der Waals surface area (Å²) in [5.74, 6) is -0.533. The molecule has 1 N–H and O–H groups in total. The number of benzene rings is 1. The van der Waals surface area contributed by atoms with Crippen LogP contribution in [0, 0.1) is 5.82 Å². The average molecular weight is 345 g/mol. The van der Waals surface area contributed by atoms with E-state index in [2.05, 4.69) is 10.4 Å². The summed E-state index contributed by atoms with van der Waals surface area (Å²) in [6.07, 6.45) is 3.26. The van der Waals surface area contributed by atoms with E-state index in [4.69, 9.17) is 0 Å². The molecule has 25 heavy (non-hydrogen) atoms. The molecule has 1 aromatic carbocycles. The molecule has 2 aromatic rings. The first-order chi connectivity index (χ1) is 12.0. The number of nitrogens with one attached hydrogen (secondary N) is 1. The third-order valence-electron chi connectivity index (χ3n) is 4.11. The highest BCUT2D eigenvalue weighted by Gasteiger charge is 2.24. The second-order valence-electron chi connectivity index (χ2n) is 6.03. The first kappa shape index (κ1) is 17.1. The number of anilines is 1. The lowest BCUT2D eigenvalue weighted by atomic mass is 10.2. The van der Waals surface area contributed by atoms with Gasteiger partial charge in [0.15, 0.2) is 0 Å². The summed E-state index contributed by atoms with van der Waals surface area (Å²) >= 11 is 0. The molecule has 2 amide bonds. The molecule has 1 fully saturated rings. The van der Waals surface area contributed by atoms with Crippen molar-refractivity contribution >= 4 is 17.5 Å². The Balaban J connectivity index is 1.46. The largest absolute Gasteiger partial charge is 0.336 e. The lowest BCUT2D eigenvalue weighted by Crippen LogP contribution is -2.50. The van der Waals surface area contributed by atoms with E-state index in [9.17, 15) is 14.0 Å². The van der Waals surface area contributed by atoms with Crippen LogP contribution in [0.1, 0.15) is 10.4 Å². The summed E-state index contributed by atoms with van der Waals surface area (Å²) in [4.78, 5) is 28.2. The average Bonchev–Trinajstić information content (AvgIpc) is 3.03. The Morgan fingerprint density at radius 1 is 1.16 bits per heavy atom. The Hall–Kier alpha value is -2.74. The zero-order valence-electron chi connectivity index (χ0n) is 14.0. The molecule has 7 nitrogen and oxygen atoms in total. The molecule has 8 heteroatoms. The van der Waals surface area contributed by atoms with E-state index in [1.54, 1.807) is 29.0 Å². The highest BCUT2D eigenvalue weighted by Crippen LogP contribution is 2.10. The van der Waals surface area contributed by atoms with Gasteiger partial charge in [0.2, 0.25) is 5.91 Å². The molecular formula is C17H20FN5O2. The summed E-state index contributed by atoms with van der Waals surface area (Å²) in [5.41, 5.74) is 1.14. The Morgan fingerprint density at radius 2 is 1.84 bits per heavy atom. The number of hydrogen-bond acceptors (Lipinski definition) is 4. The standard InChI is InChI=1S/C17H20FN5O2/c1-21-11-13(10-19-21)17(25)23-8-6-22(7-9-23)12-16(24)20-15-4-2-14(18)3-5-15/h2-5,10-11H,6-9,12H2,1H3,(H,20,24). The third-order valence-corrected chi connectivity index (χ3v) is 4.11. The second kappa shape index (κ2) is 7.43. The number of halogens is 1. The Labute approximate surface area is 145 Å². The molecular weight excluding hydrogens is 325 g/mol. The van der Waals surface area contributed by atoms with Gasteiger partial charge in [-0.2, -0.15) is 5.10 Å². The second-order valence-corrected chi connectivity index (χ2v) is 6.03. The minimum atomic E-state index is -0.340. The van der Waals surface area contributed by atoms with Gasteiger partial charge in [0.1, 0.15) is 5.82 Å². The minimum absolute atomic E-state index is 0.0384. The van der Waals surface area contributed by atoms with E-state index in [-0.39, 0.29) is 24.2 Å². The van der Waals surface area contributed by atoms with Crippen molar-refractivity contribution in [2.75, 3.05) is 38.0 Å². The minimum Gasteiger partial charge on any atom is -0.336 e. The lowest BCUT2D eigenvalue weighted by Gasteiger charge is -2.34. The van der Waals surface area contributed by atoms with Crippen molar-refractivity contribution in [1.29, 1.82) is 0 Å². The molecule has 0 radical (unpaired) electrons. The maximum absolute atomic E-state index is 12.9. The van der Waals surface area contributed by atoms with Crippen LogP contribution in [-0.2, 0) is 11.8 Å².